The second kappa shape index (κ2) is 12.6. The summed E-state index contributed by atoms with van der Waals surface area (Å²) in [5.41, 5.74) is 3.89. The van der Waals surface area contributed by atoms with Crippen LogP contribution in [0.2, 0.25) is 0 Å². The molecule has 0 spiro atoms. The fraction of sp³-hybridized carbons (Fsp3) is 0.229. The number of ether oxygens (including phenoxy) is 2. The van der Waals surface area contributed by atoms with Crippen molar-refractivity contribution in [2.75, 3.05) is 6.61 Å². The zero-order valence-electron chi connectivity index (χ0n) is 25.8. The minimum atomic E-state index is -0.795. The van der Waals surface area contributed by atoms with Gasteiger partial charge in [0.05, 0.1) is 33.4 Å². The van der Waals surface area contributed by atoms with Crippen LogP contribution in [-0.4, -0.2) is 32.7 Å². The first-order valence-electron chi connectivity index (χ1n) is 14.9. The summed E-state index contributed by atoms with van der Waals surface area (Å²) in [5.74, 6) is 0.0413. The van der Waals surface area contributed by atoms with Crippen molar-refractivity contribution in [3.63, 3.8) is 0 Å². The number of rotatable bonds is 9. The van der Waals surface area contributed by atoms with Crippen molar-refractivity contribution in [2.45, 2.75) is 46.4 Å². The van der Waals surface area contributed by atoms with Gasteiger partial charge in [0.2, 0.25) is 0 Å². The zero-order valence-corrected chi connectivity index (χ0v) is 26.6. The van der Waals surface area contributed by atoms with Crippen molar-refractivity contribution in [1.29, 1.82) is 0 Å². The van der Waals surface area contributed by atoms with Gasteiger partial charge in [-0.05, 0) is 51.5 Å². The van der Waals surface area contributed by atoms with E-state index in [1.807, 2.05) is 74.7 Å². The molecule has 1 aliphatic heterocycles. The number of nitro groups is 1. The second-order valence-corrected chi connectivity index (χ2v) is 12.2. The summed E-state index contributed by atoms with van der Waals surface area (Å²) in [6, 6.07) is 21.0. The molecule has 0 saturated carbocycles. The third-order valence-electron chi connectivity index (χ3n) is 7.70. The Labute approximate surface area is 268 Å². The van der Waals surface area contributed by atoms with Crippen molar-refractivity contribution in [2.24, 2.45) is 4.99 Å². The summed E-state index contributed by atoms with van der Waals surface area (Å²) in [4.78, 5) is 43.5. The number of carbonyl (C=O) groups is 1. The zero-order chi connectivity index (χ0) is 32.5. The summed E-state index contributed by atoms with van der Waals surface area (Å²) in [6.45, 7) is 8.02. The Kier molecular flexibility index (Phi) is 8.42. The smallest absolute Gasteiger partial charge is 0.338 e. The number of non-ortho nitro benzene ring substituents is 1. The number of aromatic nitrogens is 2. The molecular weight excluding hydrogens is 604 g/mol. The molecule has 0 bridgehead atoms. The molecule has 2 aromatic heterocycles. The summed E-state index contributed by atoms with van der Waals surface area (Å²) in [7, 11) is 0. The summed E-state index contributed by atoms with van der Waals surface area (Å²) >= 11 is 1.26. The van der Waals surface area contributed by atoms with Gasteiger partial charge in [-0.2, -0.15) is 0 Å². The molecule has 46 heavy (non-hydrogen) atoms. The van der Waals surface area contributed by atoms with Gasteiger partial charge in [-0.15, -0.1) is 0 Å². The Hall–Kier alpha value is -5.29. The Morgan fingerprint density at radius 2 is 1.80 bits per heavy atom. The van der Waals surface area contributed by atoms with Gasteiger partial charge >= 0.3 is 5.97 Å². The second-order valence-electron chi connectivity index (χ2n) is 11.2. The molecule has 234 valence electrons. The number of carbonyl (C=O) groups excluding carboxylic acids is 1. The van der Waals surface area contributed by atoms with Gasteiger partial charge in [0.15, 0.2) is 4.80 Å². The highest BCUT2D eigenvalue weighted by atomic mass is 32.1. The summed E-state index contributed by atoms with van der Waals surface area (Å²) < 4.78 is 15.7. The molecule has 3 heterocycles. The van der Waals surface area contributed by atoms with Crippen LogP contribution in [0.25, 0.3) is 17.0 Å². The molecule has 0 unspecified atom stereocenters. The lowest BCUT2D eigenvalue weighted by molar-refractivity contribution is -0.384. The number of thiazole rings is 1. The molecular formula is C35H32N4O6S. The van der Waals surface area contributed by atoms with Crippen molar-refractivity contribution in [3.8, 4) is 5.75 Å². The number of hydrogen-bond donors (Lipinski definition) is 0. The van der Waals surface area contributed by atoms with Crippen LogP contribution in [0.5, 0.6) is 5.75 Å². The number of esters is 1. The minimum Gasteiger partial charge on any atom is -0.491 e. The van der Waals surface area contributed by atoms with E-state index >= 15 is 0 Å². The number of fused-ring (bicyclic) bond motifs is 2. The van der Waals surface area contributed by atoms with E-state index < -0.39 is 16.9 Å². The highest BCUT2D eigenvalue weighted by Gasteiger charge is 2.35. The molecule has 0 aliphatic carbocycles. The average Bonchev–Trinajstić information content (AvgIpc) is 3.53. The highest BCUT2D eigenvalue weighted by Crippen LogP contribution is 2.36. The van der Waals surface area contributed by atoms with Crippen molar-refractivity contribution >= 4 is 40.0 Å². The van der Waals surface area contributed by atoms with Crippen LogP contribution in [0.4, 0.5) is 5.69 Å². The number of benzene rings is 3. The quantitative estimate of drug-likeness (QED) is 0.120. The number of hydrogen-bond acceptors (Lipinski definition) is 8. The maximum absolute atomic E-state index is 14.3. The molecule has 0 amide bonds. The lowest BCUT2D eigenvalue weighted by Gasteiger charge is -2.26. The molecule has 1 aliphatic rings. The van der Waals surface area contributed by atoms with Gasteiger partial charge in [-0.1, -0.05) is 59.9 Å². The van der Waals surface area contributed by atoms with E-state index in [0.717, 1.165) is 22.0 Å². The first-order chi connectivity index (χ1) is 22.2. The highest BCUT2D eigenvalue weighted by molar-refractivity contribution is 7.07. The molecule has 0 fully saturated rings. The van der Waals surface area contributed by atoms with Crippen LogP contribution in [0.15, 0.2) is 100 Å². The molecule has 5 aromatic rings. The molecule has 0 saturated heterocycles. The third-order valence-corrected chi connectivity index (χ3v) is 8.68. The predicted molar refractivity (Wildman–Crippen MR) is 177 cm³/mol. The van der Waals surface area contributed by atoms with Gasteiger partial charge in [-0.3, -0.25) is 19.5 Å². The first kappa shape index (κ1) is 30.7. The van der Waals surface area contributed by atoms with Crippen molar-refractivity contribution in [3.05, 3.63) is 137 Å². The fourth-order valence-electron chi connectivity index (χ4n) is 5.74. The Morgan fingerprint density at radius 3 is 2.52 bits per heavy atom. The number of para-hydroxylation sites is 2. The average molecular weight is 637 g/mol. The monoisotopic (exact) mass is 636 g/mol. The van der Waals surface area contributed by atoms with Gasteiger partial charge < -0.3 is 14.0 Å². The summed E-state index contributed by atoms with van der Waals surface area (Å²) in [6.07, 6.45) is 3.70. The van der Waals surface area contributed by atoms with Crippen LogP contribution in [0.3, 0.4) is 0 Å². The van der Waals surface area contributed by atoms with Gasteiger partial charge in [0, 0.05) is 46.9 Å². The molecule has 0 radical (unpaired) electrons. The molecule has 11 heteroatoms. The van der Waals surface area contributed by atoms with E-state index in [-0.39, 0.29) is 24.0 Å². The molecule has 6 rings (SSSR count). The van der Waals surface area contributed by atoms with Crippen LogP contribution in [0.1, 0.15) is 50.4 Å². The Morgan fingerprint density at radius 1 is 1.09 bits per heavy atom. The van der Waals surface area contributed by atoms with Crippen LogP contribution < -0.4 is 19.6 Å². The van der Waals surface area contributed by atoms with E-state index in [1.54, 1.807) is 30.5 Å². The lowest BCUT2D eigenvalue weighted by Crippen LogP contribution is -2.40. The molecule has 10 nitrogen and oxygen atoms in total. The lowest BCUT2D eigenvalue weighted by atomic mass is 9.95. The topological polar surface area (TPSA) is 118 Å². The largest absolute Gasteiger partial charge is 0.491 e. The molecule has 0 N–H and O–H groups in total. The maximum atomic E-state index is 14.3. The maximum Gasteiger partial charge on any atom is 0.338 e. The number of nitro benzene ring substituents is 1. The minimum absolute atomic E-state index is 0.0372. The van der Waals surface area contributed by atoms with Crippen LogP contribution in [-0.2, 0) is 16.1 Å². The fourth-order valence-corrected chi connectivity index (χ4v) is 6.77. The Bertz CT molecular complexity index is 2190. The standard InChI is InChI=1S/C35H32N4O6S/c1-5-44-34(41)31-22(4)36-35-38(32(31)27-11-7-9-13-29(27)45-21(2)3)33(40)30(46-35)18-24-20-37(28-12-8-6-10-26(24)28)19-23-14-16-25(17-15-23)39(42)43/h6-18,20-21,32H,5,19H2,1-4H3/b30-18-/t32-/m0/s1. The predicted octanol–water partition coefficient (Wildman–Crippen LogP) is 5.50. The molecule has 1 atom stereocenters. The first-order valence-corrected chi connectivity index (χ1v) is 15.7. The SMILES string of the molecule is CCOC(=O)C1=C(C)N=c2s/c(=C\c3cn(Cc4ccc([N+](=O)[O-])cc4)c4ccccc34)c(=O)n2[C@H]1c1ccccc1OC(C)C. The van der Waals surface area contributed by atoms with Crippen molar-refractivity contribution in [1.82, 2.24) is 9.13 Å². The van der Waals surface area contributed by atoms with E-state index in [9.17, 15) is 19.7 Å². The van der Waals surface area contributed by atoms with Crippen LogP contribution >= 0.6 is 11.3 Å². The van der Waals surface area contributed by atoms with Crippen LogP contribution in [0, 0.1) is 10.1 Å². The van der Waals surface area contributed by atoms with Crippen molar-refractivity contribution < 1.29 is 19.2 Å². The van der Waals surface area contributed by atoms with Gasteiger partial charge in [0.25, 0.3) is 11.2 Å². The Balaban J connectivity index is 1.50. The number of allylic oxidation sites excluding steroid dienone is 1. The van der Waals surface area contributed by atoms with E-state index in [4.69, 9.17) is 14.5 Å². The van der Waals surface area contributed by atoms with Gasteiger partial charge in [0.1, 0.15) is 11.8 Å². The normalized spacial score (nSPS) is 14.8. The molecule has 3 aromatic carbocycles. The summed E-state index contributed by atoms with van der Waals surface area (Å²) in [5, 5.41) is 12.1. The van der Waals surface area contributed by atoms with E-state index in [0.29, 0.717) is 38.5 Å². The van der Waals surface area contributed by atoms with Gasteiger partial charge in [-0.25, -0.2) is 9.79 Å². The van der Waals surface area contributed by atoms with E-state index in [2.05, 4.69) is 4.57 Å². The number of nitrogens with zero attached hydrogens (tertiary/aromatic N) is 4. The third kappa shape index (κ3) is 5.77. The van der Waals surface area contributed by atoms with E-state index in [1.165, 1.54) is 23.5 Å².